The summed E-state index contributed by atoms with van der Waals surface area (Å²) in [5, 5.41) is 4.09. The summed E-state index contributed by atoms with van der Waals surface area (Å²) in [6.45, 7) is 7.62. The Labute approximate surface area is 94.5 Å². The number of aromatic nitrogens is 1. The molecule has 1 aromatic heterocycles. The molecule has 2 atom stereocenters. The molecule has 0 unspecified atom stereocenters. The van der Waals surface area contributed by atoms with Crippen LogP contribution in [0.5, 0.6) is 0 Å². The third-order valence-electron chi connectivity index (χ3n) is 2.92. The highest BCUT2D eigenvalue weighted by molar-refractivity contribution is 7.15. The molecular formula is C10H18N4S. The summed E-state index contributed by atoms with van der Waals surface area (Å²) in [6, 6.07) is 1.16. The molecule has 1 saturated heterocycles. The van der Waals surface area contributed by atoms with E-state index in [1.165, 1.54) is 4.88 Å². The number of nitrogens with two attached hydrogens (primary N) is 1. The van der Waals surface area contributed by atoms with Gasteiger partial charge < -0.3 is 11.1 Å². The maximum Gasteiger partial charge on any atom is 0.180 e. The molecule has 1 fully saturated rings. The van der Waals surface area contributed by atoms with Gasteiger partial charge in [0.2, 0.25) is 0 Å². The number of rotatable bonds is 2. The summed E-state index contributed by atoms with van der Waals surface area (Å²) in [6.07, 6.45) is 1.89. The third-order valence-corrected chi connectivity index (χ3v) is 3.73. The molecule has 0 aromatic carbocycles. The molecule has 0 bridgehead atoms. The summed E-state index contributed by atoms with van der Waals surface area (Å²) >= 11 is 1.59. The second kappa shape index (κ2) is 4.47. The van der Waals surface area contributed by atoms with Crippen LogP contribution in [0, 0.1) is 0 Å². The van der Waals surface area contributed by atoms with Crippen LogP contribution < -0.4 is 11.1 Å². The van der Waals surface area contributed by atoms with Crippen molar-refractivity contribution in [3.8, 4) is 0 Å². The number of nitrogen functional groups attached to an aromatic ring is 1. The van der Waals surface area contributed by atoms with Gasteiger partial charge in [0.25, 0.3) is 0 Å². The summed E-state index contributed by atoms with van der Waals surface area (Å²) in [5.74, 6) is 0. The topological polar surface area (TPSA) is 54.2 Å². The van der Waals surface area contributed by atoms with Gasteiger partial charge in [0, 0.05) is 42.8 Å². The van der Waals surface area contributed by atoms with Gasteiger partial charge in [0.1, 0.15) is 0 Å². The monoisotopic (exact) mass is 226 g/mol. The van der Waals surface area contributed by atoms with Crippen molar-refractivity contribution < 1.29 is 0 Å². The lowest BCUT2D eigenvalue weighted by Crippen LogP contribution is -2.54. The number of piperazine rings is 1. The molecule has 1 aromatic rings. The molecule has 0 spiro atoms. The summed E-state index contributed by atoms with van der Waals surface area (Å²) < 4.78 is 0. The molecule has 1 aliphatic heterocycles. The van der Waals surface area contributed by atoms with Crippen molar-refractivity contribution in [3.05, 3.63) is 11.1 Å². The molecule has 1 aliphatic rings. The Hall–Kier alpha value is -0.650. The van der Waals surface area contributed by atoms with E-state index in [9.17, 15) is 0 Å². The number of nitrogens with zero attached hydrogens (tertiary/aromatic N) is 2. The minimum atomic E-state index is 0.581. The lowest BCUT2D eigenvalue weighted by atomic mass is 10.1. The normalized spacial score (nSPS) is 28.1. The average molecular weight is 226 g/mol. The van der Waals surface area contributed by atoms with E-state index in [4.69, 9.17) is 5.73 Å². The number of anilines is 1. The van der Waals surface area contributed by atoms with Crippen LogP contribution in [0.15, 0.2) is 6.20 Å². The van der Waals surface area contributed by atoms with Gasteiger partial charge in [0.15, 0.2) is 5.13 Å². The lowest BCUT2D eigenvalue weighted by molar-refractivity contribution is 0.110. The molecule has 84 valence electrons. The molecule has 2 rings (SSSR count). The fourth-order valence-corrected chi connectivity index (χ4v) is 2.75. The first-order valence-electron chi connectivity index (χ1n) is 5.33. The Morgan fingerprint density at radius 1 is 1.53 bits per heavy atom. The van der Waals surface area contributed by atoms with Crippen LogP contribution in [0.25, 0.3) is 0 Å². The predicted octanol–water partition coefficient (Wildman–Crippen LogP) is 0.907. The van der Waals surface area contributed by atoms with Gasteiger partial charge >= 0.3 is 0 Å². The molecule has 3 N–H and O–H groups in total. The van der Waals surface area contributed by atoms with E-state index < -0.39 is 0 Å². The van der Waals surface area contributed by atoms with Crippen LogP contribution >= 0.6 is 11.3 Å². The molecule has 4 nitrogen and oxygen atoms in total. The largest absolute Gasteiger partial charge is 0.375 e. The predicted molar refractivity (Wildman–Crippen MR) is 63.9 cm³/mol. The van der Waals surface area contributed by atoms with Crippen molar-refractivity contribution in [3.63, 3.8) is 0 Å². The van der Waals surface area contributed by atoms with E-state index in [0.29, 0.717) is 17.2 Å². The minimum Gasteiger partial charge on any atom is -0.375 e. The van der Waals surface area contributed by atoms with E-state index in [1.807, 2.05) is 6.20 Å². The van der Waals surface area contributed by atoms with Crippen molar-refractivity contribution in [2.24, 2.45) is 0 Å². The maximum atomic E-state index is 5.63. The fraction of sp³-hybridized carbons (Fsp3) is 0.700. The zero-order chi connectivity index (χ0) is 10.8. The van der Waals surface area contributed by atoms with Crippen LogP contribution in [0.3, 0.4) is 0 Å². The number of thiazole rings is 1. The molecule has 0 amide bonds. The van der Waals surface area contributed by atoms with Crippen molar-refractivity contribution in [2.75, 3.05) is 18.8 Å². The highest BCUT2D eigenvalue weighted by Gasteiger charge is 2.24. The Morgan fingerprint density at radius 2 is 2.20 bits per heavy atom. The Kier molecular flexibility index (Phi) is 3.23. The van der Waals surface area contributed by atoms with Gasteiger partial charge in [-0.1, -0.05) is 0 Å². The maximum absolute atomic E-state index is 5.63. The third kappa shape index (κ3) is 2.48. The number of hydrogen-bond donors (Lipinski definition) is 2. The Bertz CT molecular complexity index is 315. The van der Waals surface area contributed by atoms with E-state index in [-0.39, 0.29) is 0 Å². The molecule has 2 heterocycles. The highest BCUT2D eigenvalue weighted by Crippen LogP contribution is 2.20. The summed E-state index contributed by atoms with van der Waals surface area (Å²) in [4.78, 5) is 7.85. The molecular weight excluding hydrogens is 208 g/mol. The molecule has 0 saturated carbocycles. The summed E-state index contributed by atoms with van der Waals surface area (Å²) in [7, 11) is 0. The second-order valence-corrected chi connectivity index (χ2v) is 5.34. The SMILES string of the molecule is C[C@@H]1CNC[C@H](C)N1Cc1cnc(N)s1. The van der Waals surface area contributed by atoms with E-state index in [1.54, 1.807) is 11.3 Å². The van der Waals surface area contributed by atoms with Crippen LogP contribution in [0.4, 0.5) is 5.13 Å². The highest BCUT2D eigenvalue weighted by atomic mass is 32.1. The van der Waals surface area contributed by atoms with Crippen LogP contribution in [-0.4, -0.2) is 35.1 Å². The van der Waals surface area contributed by atoms with Crippen molar-refractivity contribution in [1.82, 2.24) is 15.2 Å². The van der Waals surface area contributed by atoms with Crippen LogP contribution in [0.2, 0.25) is 0 Å². The first-order chi connectivity index (χ1) is 7.16. The van der Waals surface area contributed by atoms with Crippen LogP contribution in [0.1, 0.15) is 18.7 Å². The van der Waals surface area contributed by atoms with Gasteiger partial charge in [-0.25, -0.2) is 4.98 Å². The van der Waals surface area contributed by atoms with Crippen molar-refractivity contribution in [1.29, 1.82) is 0 Å². The number of nitrogens with one attached hydrogen (secondary N) is 1. The Morgan fingerprint density at radius 3 is 2.73 bits per heavy atom. The molecule has 0 aliphatic carbocycles. The van der Waals surface area contributed by atoms with Crippen molar-refractivity contribution >= 4 is 16.5 Å². The van der Waals surface area contributed by atoms with Gasteiger partial charge in [-0.05, 0) is 13.8 Å². The summed E-state index contributed by atoms with van der Waals surface area (Å²) in [5.41, 5.74) is 5.63. The molecule has 5 heteroatoms. The lowest BCUT2D eigenvalue weighted by Gasteiger charge is -2.39. The van der Waals surface area contributed by atoms with Gasteiger partial charge in [0.05, 0.1) is 0 Å². The average Bonchev–Trinajstić information content (AvgIpc) is 2.58. The Balaban J connectivity index is 2.03. The first-order valence-corrected chi connectivity index (χ1v) is 6.15. The van der Waals surface area contributed by atoms with Crippen LogP contribution in [-0.2, 0) is 6.54 Å². The zero-order valence-corrected chi connectivity index (χ0v) is 10.0. The van der Waals surface area contributed by atoms with Gasteiger partial charge in [-0.2, -0.15) is 0 Å². The fourth-order valence-electron chi connectivity index (χ4n) is 2.06. The molecule has 15 heavy (non-hydrogen) atoms. The van der Waals surface area contributed by atoms with Crippen molar-refractivity contribution in [2.45, 2.75) is 32.5 Å². The smallest absolute Gasteiger partial charge is 0.180 e. The number of hydrogen-bond acceptors (Lipinski definition) is 5. The second-order valence-electron chi connectivity index (χ2n) is 4.19. The first kappa shape index (κ1) is 10.9. The van der Waals surface area contributed by atoms with E-state index >= 15 is 0 Å². The van der Waals surface area contributed by atoms with Gasteiger partial charge in [-0.15, -0.1) is 11.3 Å². The van der Waals surface area contributed by atoms with Gasteiger partial charge in [-0.3, -0.25) is 4.90 Å². The quantitative estimate of drug-likeness (QED) is 0.787. The minimum absolute atomic E-state index is 0.581. The van der Waals surface area contributed by atoms with E-state index in [0.717, 1.165) is 19.6 Å². The zero-order valence-electron chi connectivity index (χ0n) is 9.23. The molecule has 0 radical (unpaired) electrons. The standard InChI is InChI=1S/C10H18N4S/c1-7-3-12-4-8(2)14(7)6-9-5-13-10(11)15-9/h5,7-8,12H,3-4,6H2,1-2H3,(H2,11,13)/t7-,8+. The van der Waals surface area contributed by atoms with E-state index in [2.05, 4.69) is 29.0 Å².